The topological polar surface area (TPSA) is 20.2 Å². The van der Waals surface area contributed by atoms with Crippen molar-refractivity contribution in [3.63, 3.8) is 0 Å². The Labute approximate surface area is 99.5 Å². The van der Waals surface area contributed by atoms with E-state index in [1.165, 1.54) is 6.08 Å². The zero-order valence-electron chi connectivity index (χ0n) is 9.28. The lowest BCUT2D eigenvalue weighted by Gasteiger charge is -2.34. The van der Waals surface area contributed by atoms with Gasteiger partial charge in [0, 0.05) is 6.42 Å². The lowest BCUT2D eigenvalue weighted by Crippen LogP contribution is -2.57. The summed E-state index contributed by atoms with van der Waals surface area (Å²) in [5.41, 5.74) is -4.53. The molecular formula is C11H12F6O. The lowest BCUT2D eigenvalue weighted by atomic mass is 9.86. The molecule has 1 fully saturated rings. The molecule has 2 rings (SSSR count). The number of halogens is 6. The molecule has 0 aromatic carbocycles. The van der Waals surface area contributed by atoms with Crippen molar-refractivity contribution in [2.75, 3.05) is 0 Å². The van der Waals surface area contributed by atoms with Crippen LogP contribution in [-0.4, -0.2) is 23.1 Å². The van der Waals surface area contributed by atoms with Gasteiger partial charge >= 0.3 is 12.4 Å². The summed E-state index contributed by atoms with van der Waals surface area (Å²) in [4.78, 5) is 0. The lowest BCUT2D eigenvalue weighted by molar-refractivity contribution is -0.367. The van der Waals surface area contributed by atoms with E-state index in [0.717, 1.165) is 6.42 Å². The highest BCUT2D eigenvalue weighted by molar-refractivity contribution is 5.23. The van der Waals surface area contributed by atoms with Crippen molar-refractivity contribution in [2.24, 2.45) is 11.8 Å². The number of hydrogen-bond donors (Lipinski definition) is 1. The molecule has 104 valence electrons. The number of hydrogen-bond acceptors (Lipinski definition) is 1. The predicted molar refractivity (Wildman–Crippen MR) is 50.6 cm³/mol. The molecule has 0 amide bonds. The van der Waals surface area contributed by atoms with Crippen LogP contribution in [0.1, 0.15) is 25.7 Å². The molecule has 2 aliphatic rings. The fourth-order valence-corrected chi connectivity index (χ4v) is 2.80. The quantitative estimate of drug-likeness (QED) is 0.602. The van der Waals surface area contributed by atoms with Gasteiger partial charge in [0.15, 0.2) is 0 Å². The highest BCUT2D eigenvalue weighted by Crippen LogP contribution is 2.52. The highest BCUT2D eigenvalue weighted by atomic mass is 19.4. The minimum atomic E-state index is -5.71. The molecule has 7 heteroatoms. The second kappa shape index (κ2) is 3.88. The van der Waals surface area contributed by atoms with Gasteiger partial charge in [0.1, 0.15) is 0 Å². The molecule has 0 heterocycles. The van der Waals surface area contributed by atoms with Gasteiger partial charge in [-0.1, -0.05) is 11.6 Å². The normalized spacial score (nSPS) is 28.7. The molecule has 1 saturated carbocycles. The Balaban J connectivity index is 2.25. The van der Waals surface area contributed by atoms with Crippen LogP contribution in [0.5, 0.6) is 0 Å². The maximum atomic E-state index is 12.5. The average Bonchev–Trinajstić information content (AvgIpc) is 2.75. The van der Waals surface area contributed by atoms with E-state index in [4.69, 9.17) is 5.11 Å². The van der Waals surface area contributed by atoms with E-state index in [9.17, 15) is 26.3 Å². The summed E-state index contributed by atoms with van der Waals surface area (Å²) in [5.74, 6) is -0.151. The summed E-state index contributed by atoms with van der Waals surface area (Å²) in [6.45, 7) is 0. The minimum Gasteiger partial charge on any atom is -0.373 e. The number of rotatable bonds is 2. The largest absolute Gasteiger partial charge is 0.426 e. The first-order valence-corrected chi connectivity index (χ1v) is 5.61. The van der Waals surface area contributed by atoms with Crippen LogP contribution in [0.3, 0.4) is 0 Å². The second-order valence-corrected chi connectivity index (χ2v) is 5.04. The molecule has 0 radical (unpaired) electrons. The third-order valence-corrected chi connectivity index (χ3v) is 3.85. The molecule has 2 aliphatic carbocycles. The first-order chi connectivity index (χ1) is 8.04. The maximum absolute atomic E-state index is 12.5. The maximum Gasteiger partial charge on any atom is 0.426 e. The Hall–Kier alpha value is -0.720. The molecule has 1 N–H and O–H groups in total. The fraction of sp³-hybridized carbons (Fsp3) is 0.818. The van der Waals surface area contributed by atoms with E-state index in [-0.39, 0.29) is 17.4 Å². The van der Waals surface area contributed by atoms with Gasteiger partial charge in [-0.2, -0.15) is 26.3 Å². The van der Waals surface area contributed by atoms with E-state index in [2.05, 4.69) is 0 Å². The van der Waals surface area contributed by atoms with Gasteiger partial charge in [-0.05, 0) is 31.1 Å². The molecule has 0 aliphatic heterocycles. The van der Waals surface area contributed by atoms with Gasteiger partial charge in [-0.25, -0.2) is 0 Å². The predicted octanol–water partition coefficient (Wildman–Crippen LogP) is 3.59. The molecule has 0 spiro atoms. The molecule has 0 saturated heterocycles. The summed E-state index contributed by atoms with van der Waals surface area (Å²) >= 11 is 0. The summed E-state index contributed by atoms with van der Waals surface area (Å²) in [6, 6.07) is 0. The van der Waals surface area contributed by atoms with Gasteiger partial charge in [-0.15, -0.1) is 0 Å². The van der Waals surface area contributed by atoms with Crippen molar-refractivity contribution in [3.8, 4) is 0 Å². The SMILES string of the molecule is OC(CC1=CC2CCC1C2)(C(F)(F)F)C(F)(F)F. The molecule has 18 heavy (non-hydrogen) atoms. The fourth-order valence-electron chi connectivity index (χ4n) is 2.80. The minimum absolute atomic E-state index is 0.0794. The molecule has 0 aromatic heterocycles. The van der Waals surface area contributed by atoms with Crippen molar-refractivity contribution >= 4 is 0 Å². The first-order valence-electron chi connectivity index (χ1n) is 5.61. The molecule has 0 aromatic rings. The van der Waals surface area contributed by atoms with Crippen LogP contribution in [0.4, 0.5) is 26.3 Å². The van der Waals surface area contributed by atoms with Crippen LogP contribution >= 0.6 is 0 Å². The second-order valence-electron chi connectivity index (χ2n) is 5.04. The summed E-state index contributed by atoms with van der Waals surface area (Å²) in [6.07, 6.45) is -9.31. The Bertz CT molecular complexity index is 353. The van der Waals surface area contributed by atoms with Gasteiger partial charge in [0.05, 0.1) is 0 Å². The summed E-state index contributed by atoms with van der Waals surface area (Å²) < 4.78 is 75.0. The Morgan fingerprint density at radius 3 is 1.94 bits per heavy atom. The molecule has 1 nitrogen and oxygen atoms in total. The summed E-state index contributed by atoms with van der Waals surface area (Å²) in [5, 5.41) is 9.08. The molecule has 2 bridgehead atoms. The van der Waals surface area contributed by atoms with E-state index in [0.29, 0.717) is 12.8 Å². The van der Waals surface area contributed by atoms with Crippen molar-refractivity contribution in [2.45, 2.75) is 43.6 Å². The highest BCUT2D eigenvalue weighted by Gasteiger charge is 2.70. The van der Waals surface area contributed by atoms with Crippen LogP contribution in [0.15, 0.2) is 11.6 Å². The third kappa shape index (κ3) is 2.02. The van der Waals surface area contributed by atoms with Crippen LogP contribution in [0, 0.1) is 11.8 Å². The van der Waals surface area contributed by atoms with Crippen molar-refractivity contribution in [3.05, 3.63) is 11.6 Å². The first kappa shape index (κ1) is 13.7. The third-order valence-electron chi connectivity index (χ3n) is 3.85. The van der Waals surface area contributed by atoms with E-state index in [1.807, 2.05) is 0 Å². The molecule has 2 unspecified atom stereocenters. The number of allylic oxidation sites excluding steroid dienone is 1. The summed E-state index contributed by atoms with van der Waals surface area (Å²) in [7, 11) is 0. The molecular weight excluding hydrogens is 262 g/mol. The van der Waals surface area contributed by atoms with Crippen LogP contribution in [0.2, 0.25) is 0 Å². The number of aliphatic hydroxyl groups is 1. The van der Waals surface area contributed by atoms with Gasteiger partial charge in [-0.3, -0.25) is 0 Å². The smallest absolute Gasteiger partial charge is 0.373 e. The van der Waals surface area contributed by atoms with Crippen molar-refractivity contribution < 1.29 is 31.4 Å². The van der Waals surface area contributed by atoms with E-state index >= 15 is 0 Å². The van der Waals surface area contributed by atoms with Crippen LogP contribution in [-0.2, 0) is 0 Å². The average molecular weight is 274 g/mol. The van der Waals surface area contributed by atoms with E-state index in [1.54, 1.807) is 0 Å². The van der Waals surface area contributed by atoms with Gasteiger partial charge in [0.2, 0.25) is 0 Å². The zero-order chi connectivity index (χ0) is 13.8. The Morgan fingerprint density at radius 2 is 1.61 bits per heavy atom. The molecule has 2 atom stereocenters. The van der Waals surface area contributed by atoms with Crippen molar-refractivity contribution in [1.82, 2.24) is 0 Å². The zero-order valence-corrected chi connectivity index (χ0v) is 9.28. The number of alkyl halides is 6. The van der Waals surface area contributed by atoms with E-state index < -0.39 is 24.4 Å². The number of fused-ring (bicyclic) bond motifs is 2. The Morgan fingerprint density at radius 1 is 1.06 bits per heavy atom. The van der Waals surface area contributed by atoms with Gasteiger partial charge < -0.3 is 5.11 Å². The van der Waals surface area contributed by atoms with Crippen LogP contribution in [0.25, 0.3) is 0 Å². The van der Waals surface area contributed by atoms with Gasteiger partial charge in [0.25, 0.3) is 5.60 Å². The van der Waals surface area contributed by atoms with Crippen molar-refractivity contribution in [1.29, 1.82) is 0 Å². The standard InChI is InChI=1S/C11H12F6O/c12-10(13,14)9(18,11(15,16)17)5-8-4-6-1-2-7(8)3-6/h4,6-7,18H,1-3,5H2. The Kier molecular flexibility index (Phi) is 2.96. The van der Waals surface area contributed by atoms with Crippen LogP contribution < -0.4 is 0 Å². The monoisotopic (exact) mass is 274 g/mol.